The van der Waals surface area contributed by atoms with Crippen LogP contribution in [0.25, 0.3) is 5.82 Å². The molecule has 0 aliphatic rings. The number of aromatic nitrogens is 3. The number of rotatable bonds is 1. The van der Waals surface area contributed by atoms with E-state index in [9.17, 15) is 0 Å². The summed E-state index contributed by atoms with van der Waals surface area (Å²) in [5.41, 5.74) is 1.07. The molecule has 0 amide bonds. The van der Waals surface area contributed by atoms with Crippen molar-refractivity contribution in [2.75, 3.05) is 0 Å². The number of hydrogen-bond acceptors (Lipinski definition) is 2. The van der Waals surface area contributed by atoms with Crippen LogP contribution >= 0.6 is 0 Å². The summed E-state index contributed by atoms with van der Waals surface area (Å²) in [6.07, 6.45) is 4.82. The van der Waals surface area contributed by atoms with Crippen molar-refractivity contribution in [1.82, 2.24) is 14.8 Å². The fourth-order valence-electron chi connectivity index (χ4n) is 1.25. The molecule has 3 nitrogen and oxygen atoms in total. The fourth-order valence-corrected chi connectivity index (χ4v) is 1.25. The van der Waals surface area contributed by atoms with Gasteiger partial charge in [0.25, 0.3) is 0 Å². The molecule has 0 spiro atoms. The fraction of sp³-hybridized carbons (Fsp3) is 0.333. The van der Waals surface area contributed by atoms with Crippen LogP contribution in [0.1, 0.15) is 26.5 Å². The van der Waals surface area contributed by atoms with Crippen molar-refractivity contribution in [2.45, 2.75) is 26.2 Å². The molecule has 87 valence electrons. The molecule has 2 aromatic rings. The summed E-state index contributed by atoms with van der Waals surface area (Å²) in [6.45, 7) is 6.39. The second kappa shape index (κ2) is 4.88. The monoisotopic (exact) mass is 303 g/mol. The third kappa shape index (κ3) is 2.76. The molecule has 4 heteroatoms. The van der Waals surface area contributed by atoms with Gasteiger partial charge in [0.1, 0.15) is 0 Å². The van der Waals surface area contributed by atoms with E-state index in [1.807, 2.05) is 24.3 Å². The van der Waals surface area contributed by atoms with Gasteiger partial charge in [-0.15, -0.1) is 6.07 Å². The Morgan fingerprint density at radius 1 is 1.25 bits per heavy atom. The van der Waals surface area contributed by atoms with Gasteiger partial charge in [-0.05, 0) is 17.2 Å². The van der Waals surface area contributed by atoms with Crippen molar-refractivity contribution in [1.29, 1.82) is 0 Å². The Morgan fingerprint density at radius 2 is 2.00 bits per heavy atom. The molecule has 0 aliphatic carbocycles. The maximum atomic E-state index is 4.45. The standard InChI is InChI=1S/C12H14N3.Rh/c1-12(2,3)10-7-9-15(14-10)11-6-4-5-8-13-11;/h4-8H,1-3H3;/q-1;. The Bertz CT molecular complexity index is 443. The van der Waals surface area contributed by atoms with Gasteiger partial charge in [-0.1, -0.05) is 39.1 Å². The Balaban J connectivity index is 0.00000128. The molecule has 2 rings (SSSR count). The van der Waals surface area contributed by atoms with Gasteiger partial charge in [0, 0.05) is 25.7 Å². The van der Waals surface area contributed by atoms with Crippen LogP contribution < -0.4 is 0 Å². The maximum absolute atomic E-state index is 4.45. The Labute approximate surface area is 109 Å². The Morgan fingerprint density at radius 3 is 2.50 bits per heavy atom. The molecule has 0 bridgehead atoms. The first-order valence-electron chi connectivity index (χ1n) is 4.97. The van der Waals surface area contributed by atoms with Gasteiger partial charge in [0.2, 0.25) is 0 Å². The van der Waals surface area contributed by atoms with Gasteiger partial charge >= 0.3 is 0 Å². The summed E-state index contributed by atoms with van der Waals surface area (Å²) in [5, 5.41) is 4.45. The van der Waals surface area contributed by atoms with E-state index in [2.05, 4.69) is 37.1 Å². The van der Waals surface area contributed by atoms with Crippen molar-refractivity contribution in [3.63, 3.8) is 0 Å². The molecular weight excluding hydrogens is 289 g/mol. The van der Waals surface area contributed by atoms with E-state index in [-0.39, 0.29) is 24.9 Å². The van der Waals surface area contributed by atoms with E-state index < -0.39 is 0 Å². The molecule has 0 aromatic carbocycles. The average Bonchev–Trinajstić information content (AvgIpc) is 2.67. The predicted molar refractivity (Wildman–Crippen MR) is 58.9 cm³/mol. The summed E-state index contributed by atoms with van der Waals surface area (Å²) in [6, 6.07) is 7.65. The van der Waals surface area contributed by atoms with Crippen molar-refractivity contribution in [3.05, 3.63) is 42.4 Å². The van der Waals surface area contributed by atoms with Gasteiger partial charge in [-0.3, -0.25) is 5.10 Å². The van der Waals surface area contributed by atoms with Crippen LogP contribution in [0.4, 0.5) is 0 Å². The van der Waals surface area contributed by atoms with Crippen molar-refractivity contribution in [2.24, 2.45) is 0 Å². The van der Waals surface area contributed by atoms with Crippen LogP contribution in [0.2, 0.25) is 0 Å². The Kier molecular flexibility index (Phi) is 3.98. The second-order valence-electron chi connectivity index (χ2n) is 4.51. The minimum atomic E-state index is 0. The molecular formula is C12H14N3Rh-. The predicted octanol–water partition coefficient (Wildman–Crippen LogP) is 2.36. The van der Waals surface area contributed by atoms with Gasteiger partial charge < -0.3 is 9.67 Å². The third-order valence-electron chi connectivity index (χ3n) is 2.17. The molecule has 0 fully saturated rings. The zero-order valence-electron chi connectivity index (χ0n) is 9.56. The van der Waals surface area contributed by atoms with Crippen LogP contribution in [0, 0.1) is 6.20 Å². The number of pyridine rings is 1. The van der Waals surface area contributed by atoms with Crippen LogP contribution in [0.15, 0.2) is 30.5 Å². The quantitative estimate of drug-likeness (QED) is 0.598. The average molecular weight is 303 g/mol. The van der Waals surface area contributed by atoms with E-state index in [0.717, 1.165) is 11.5 Å². The zero-order valence-corrected chi connectivity index (χ0v) is 11.2. The summed E-state index contributed by atoms with van der Waals surface area (Å²) in [7, 11) is 0. The SMILES string of the molecule is CC(C)(C)c1c[c-]n(-c2ccccn2)n1.[Rh]. The van der Waals surface area contributed by atoms with E-state index in [0.29, 0.717) is 0 Å². The smallest absolute Gasteiger partial charge is 0.0519 e. The summed E-state index contributed by atoms with van der Waals surface area (Å²) < 4.78 is 1.68. The summed E-state index contributed by atoms with van der Waals surface area (Å²) in [5.74, 6) is 0.799. The van der Waals surface area contributed by atoms with Gasteiger partial charge in [0.05, 0.1) is 5.82 Å². The van der Waals surface area contributed by atoms with E-state index in [1.165, 1.54) is 0 Å². The molecule has 0 saturated heterocycles. The normalized spacial score (nSPS) is 10.9. The minimum absolute atomic E-state index is 0. The molecule has 1 radical (unpaired) electrons. The first-order valence-corrected chi connectivity index (χ1v) is 4.97. The zero-order chi connectivity index (χ0) is 10.9. The maximum Gasteiger partial charge on any atom is 0.0519 e. The first-order chi connectivity index (χ1) is 7.07. The molecule has 0 atom stereocenters. The molecule has 0 N–H and O–H groups in total. The van der Waals surface area contributed by atoms with Crippen LogP contribution in [-0.2, 0) is 24.9 Å². The molecule has 16 heavy (non-hydrogen) atoms. The van der Waals surface area contributed by atoms with Crippen LogP contribution in [0.3, 0.4) is 0 Å². The molecule has 2 heterocycles. The third-order valence-corrected chi connectivity index (χ3v) is 2.17. The topological polar surface area (TPSA) is 30.7 Å². The van der Waals surface area contributed by atoms with Crippen molar-refractivity contribution in [3.8, 4) is 5.82 Å². The van der Waals surface area contributed by atoms with Gasteiger partial charge in [-0.25, -0.2) is 0 Å². The molecule has 2 aromatic heterocycles. The van der Waals surface area contributed by atoms with E-state index >= 15 is 0 Å². The molecule has 0 aliphatic heterocycles. The number of nitrogens with zero attached hydrogens (tertiary/aromatic N) is 3. The molecule has 0 unspecified atom stereocenters. The minimum Gasteiger partial charge on any atom is -0.343 e. The van der Waals surface area contributed by atoms with Crippen molar-refractivity contribution < 1.29 is 19.5 Å². The van der Waals surface area contributed by atoms with Crippen LogP contribution in [0.5, 0.6) is 0 Å². The van der Waals surface area contributed by atoms with Gasteiger partial charge in [-0.2, -0.15) is 0 Å². The van der Waals surface area contributed by atoms with E-state index in [4.69, 9.17) is 0 Å². The van der Waals surface area contributed by atoms with E-state index in [1.54, 1.807) is 10.9 Å². The molecule has 0 saturated carbocycles. The Hall–Kier alpha value is -1.02. The largest absolute Gasteiger partial charge is 0.343 e. The summed E-state index contributed by atoms with van der Waals surface area (Å²) in [4.78, 5) is 4.21. The first kappa shape index (κ1) is 13.1. The van der Waals surface area contributed by atoms with Crippen molar-refractivity contribution >= 4 is 0 Å². The van der Waals surface area contributed by atoms with Crippen LogP contribution in [-0.4, -0.2) is 14.8 Å². The second-order valence-corrected chi connectivity index (χ2v) is 4.51. The van der Waals surface area contributed by atoms with Gasteiger partial charge in [0.15, 0.2) is 0 Å². The summed E-state index contributed by atoms with van der Waals surface area (Å²) >= 11 is 0. The number of hydrogen-bond donors (Lipinski definition) is 0.